The molecule has 19 heavy (non-hydrogen) atoms. The van der Waals surface area contributed by atoms with Crippen LogP contribution in [0.3, 0.4) is 0 Å². The third-order valence-electron chi connectivity index (χ3n) is 3.65. The van der Waals surface area contributed by atoms with Gasteiger partial charge in [-0.2, -0.15) is 0 Å². The second kappa shape index (κ2) is 6.92. The molecule has 3 unspecified atom stereocenters. The van der Waals surface area contributed by atoms with Crippen LogP contribution in [0.4, 0.5) is 0 Å². The van der Waals surface area contributed by atoms with Crippen LogP contribution in [-0.2, 0) is 0 Å². The summed E-state index contributed by atoms with van der Waals surface area (Å²) in [7, 11) is 0. The van der Waals surface area contributed by atoms with Crippen molar-refractivity contribution in [1.29, 1.82) is 0 Å². The van der Waals surface area contributed by atoms with E-state index in [2.05, 4.69) is 65.5 Å². The van der Waals surface area contributed by atoms with Crippen molar-refractivity contribution in [3.05, 3.63) is 57.2 Å². The summed E-state index contributed by atoms with van der Waals surface area (Å²) in [6.07, 6.45) is 1.16. The maximum Gasteiger partial charge on any atom is 0.0575 e. The van der Waals surface area contributed by atoms with Gasteiger partial charge in [-0.15, -0.1) is 11.3 Å². The van der Waals surface area contributed by atoms with E-state index in [1.807, 2.05) is 6.07 Å². The van der Waals surface area contributed by atoms with E-state index in [9.17, 15) is 0 Å². The first-order chi connectivity index (χ1) is 9.15. The van der Waals surface area contributed by atoms with Crippen molar-refractivity contribution >= 4 is 38.9 Å². The second-order valence-corrected chi connectivity index (χ2v) is 7.20. The Balaban J connectivity index is 2.36. The Morgan fingerprint density at radius 2 is 1.89 bits per heavy atom. The summed E-state index contributed by atoms with van der Waals surface area (Å²) in [5.74, 6) is 1.05. The lowest BCUT2D eigenvalue weighted by Gasteiger charge is -2.28. The lowest BCUT2D eigenvalue weighted by molar-refractivity contribution is 0.442. The highest BCUT2D eigenvalue weighted by atomic mass is 79.9. The lowest BCUT2D eigenvalue weighted by atomic mass is 9.83. The van der Waals surface area contributed by atoms with Gasteiger partial charge in [0.25, 0.3) is 0 Å². The molecule has 102 valence electrons. The van der Waals surface area contributed by atoms with Crippen LogP contribution in [0.2, 0.25) is 5.02 Å². The van der Waals surface area contributed by atoms with Gasteiger partial charge >= 0.3 is 0 Å². The number of benzene rings is 1. The molecular formula is C16H18BrClS. The van der Waals surface area contributed by atoms with Gasteiger partial charge in [-0.25, -0.2) is 0 Å². The molecule has 0 amide bonds. The van der Waals surface area contributed by atoms with Gasteiger partial charge in [-0.1, -0.05) is 78.1 Å². The first-order valence-corrected chi connectivity index (χ1v) is 8.74. The van der Waals surface area contributed by atoms with Gasteiger partial charge in [-0.3, -0.25) is 0 Å². The maximum atomic E-state index is 6.29. The minimum atomic E-state index is 0.275. The van der Waals surface area contributed by atoms with Gasteiger partial charge in [0.05, 0.1) is 9.85 Å². The topological polar surface area (TPSA) is 0 Å². The monoisotopic (exact) mass is 356 g/mol. The molecule has 0 saturated carbocycles. The van der Waals surface area contributed by atoms with Gasteiger partial charge in [0.15, 0.2) is 0 Å². The van der Waals surface area contributed by atoms with Gasteiger partial charge in [0, 0.05) is 10.8 Å². The largest absolute Gasteiger partial charge is 0.146 e. The molecular weight excluding hydrogens is 340 g/mol. The molecule has 0 radical (unpaired) electrons. The summed E-state index contributed by atoms with van der Waals surface area (Å²) >= 11 is 11.9. The average Bonchev–Trinajstić information content (AvgIpc) is 2.86. The minimum absolute atomic E-state index is 0.275. The summed E-state index contributed by atoms with van der Waals surface area (Å²) in [6, 6.07) is 12.7. The standard InChI is InChI=1S/C16H18BrClS/c1-3-11(2)14(12-7-5-4-6-8-12)15(17)16-13(18)9-10-19-16/h4-11,14-15H,3H2,1-2H3. The van der Waals surface area contributed by atoms with Gasteiger partial charge in [0.2, 0.25) is 0 Å². The summed E-state index contributed by atoms with van der Waals surface area (Å²) in [4.78, 5) is 1.51. The molecule has 0 aliphatic heterocycles. The zero-order valence-corrected chi connectivity index (χ0v) is 14.3. The normalized spacial score (nSPS) is 16.0. The van der Waals surface area contributed by atoms with E-state index < -0.39 is 0 Å². The smallest absolute Gasteiger partial charge is 0.0575 e. The summed E-state index contributed by atoms with van der Waals surface area (Å²) in [5, 5.41) is 2.93. The summed E-state index contributed by atoms with van der Waals surface area (Å²) in [6.45, 7) is 4.56. The number of halogens is 2. The molecule has 0 bridgehead atoms. The van der Waals surface area contributed by atoms with Crippen LogP contribution in [0.25, 0.3) is 0 Å². The number of hydrogen-bond acceptors (Lipinski definition) is 1. The first-order valence-electron chi connectivity index (χ1n) is 6.57. The molecule has 0 fully saturated rings. The quantitative estimate of drug-likeness (QED) is 0.524. The first kappa shape index (κ1) is 15.1. The van der Waals surface area contributed by atoms with Gasteiger partial charge in [0.1, 0.15) is 0 Å². The zero-order valence-electron chi connectivity index (χ0n) is 11.1. The van der Waals surface area contributed by atoms with E-state index in [1.54, 1.807) is 11.3 Å². The molecule has 0 aliphatic carbocycles. The minimum Gasteiger partial charge on any atom is -0.146 e. The molecule has 0 spiro atoms. The molecule has 0 nitrogen and oxygen atoms in total. The van der Waals surface area contributed by atoms with E-state index in [-0.39, 0.29) is 4.83 Å². The van der Waals surface area contributed by atoms with E-state index >= 15 is 0 Å². The number of hydrogen-bond donors (Lipinski definition) is 0. The molecule has 3 atom stereocenters. The van der Waals surface area contributed by atoms with Crippen LogP contribution in [0.1, 0.15) is 41.5 Å². The predicted octanol–water partition coefficient (Wildman–Crippen LogP) is 6.67. The van der Waals surface area contributed by atoms with Gasteiger partial charge < -0.3 is 0 Å². The van der Waals surface area contributed by atoms with Crippen molar-refractivity contribution < 1.29 is 0 Å². The molecule has 1 aromatic heterocycles. The lowest BCUT2D eigenvalue weighted by Crippen LogP contribution is -2.14. The molecule has 1 aromatic carbocycles. The van der Waals surface area contributed by atoms with Crippen molar-refractivity contribution in [2.24, 2.45) is 5.92 Å². The number of alkyl halides is 1. The van der Waals surface area contributed by atoms with Crippen LogP contribution in [0.5, 0.6) is 0 Å². The SMILES string of the molecule is CCC(C)C(c1ccccc1)C(Br)c1sccc1Cl. The summed E-state index contributed by atoms with van der Waals surface area (Å²) in [5.41, 5.74) is 1.38. The highest BCUT2D eigenvalue weighted by molar-refractivity contribution is 9.09. The Kier molecular flexibility index (Phi) is 5.49. The van der Waals surface area contributed by atoms with Crippen molar-refractivity contribution in [3.8, 4) is 0 Å². The maximum absolute atomic E-state index is 6.29. The Hall–Kier alpha value is -0.310. The second-order valence-electron chi connectivity index (χ2n) is 4.86. The Morgan fingerprint density at radius 3 is 2.42 bits per heavy atom. The number of thiophene rings is 1. The van der Waals surface area contributed by atoms with Crippen molar-refractivity contribution in [3.63, 3.8) is 0 Å². The molecule has 0 N–H and O–H groups in total. The Bertz CT molecular complexity index is 508. The van der Waals surface area contributed by atoms with Gasteiger partial charge in [-0.05, 0) is 22.9 Å². The third kappa shape index (κ3) is 3.42. The molecule has 0 aliphatic rings. The van der Waals surface area contributed by atoms with E-state index in [4.69, 9.17) is 11.6 Å². The van der Waals surface area contributed by atoms with E-state index in [0.717, 1.165) is 11.4 Å². The highest BCUT2D eigenvalue weighted by Gasteiger charge is 2.28. The highest BCUT2D eigenvalue weighted by Crippen LogP contribution is 2.47. The molecule has 1 heterocycles. The van der Waals surface area contributed by atoms with Crippen LogP contribution < -0.4 is 0 Å². The average molecular weight is 358 g/mol. The Labute approximate surface area is 132 Å². The molecule has 3 heteroatoms. The van der Waals surface area contributed by atoms with Crippen LogP contribution in [0, 0.1) is 5.92 Å². The van der Waals surface area contributed by atoms with Crippen molar-refractivity contribution in [2.45, 2.75) is 31.0 Å². The van der Waals surface area contributed by atoms with Crippen molar-refractivity contribution in [2.75, 3.05) is 0 Å². The van der Waals surface area contributed by atoms with E-state index in [0.29, 0.717) is 11.8 Å². The third-order valence-corrected chi connectivity index (χ3v) is 6.42. The number of rotatable bonds is 5. The Morgan fingerprint density at radius 1 is 1.21 bits per heavy atom. The fourth-order valence-corrected chi connectivity index (χ4v) is 5.11. The molecule has 2 rings (SSSR count). The van der Waals surface area contributed by atoms with Crippen LogP contribution in [0.15, 0.2) is 41.8 Å². The van der Waals surface area contributed by atoms with Crippen LogP contribution in [-0.4, -0.2) is 0 Å². The van der Waals surface area contributed by atoms with E-state index in [1.165, 1.54) is 10.4 Å². The fourth-order valence-electron chi connectivity index (χ4n) is 2.38. The van der Waals surface area contributed by atoms with Crippen molar-refractivity contribution in [1.82, 2.24) is 0 Å². The fraction of sp³-hybridized carbons (Fsp3) is 0.375. The molecule has 2 aromatic rings. The zero-order chi connectivity index (χ0) is 13.8. The van der Waals surface area contributed by atoms with Crippen LogP contribution >= 0.6 is 38.9 Å². The molecule has 0 saturated heterocycles. The summed E-state index contributed by atoms with van der Waals surface area (Å²) < 4.78 is 0. The predicted molar refractivity (Wildman–Crippen MR) is 89.6 cm³/mol.